The number of hydrogen-bond donors (Lipinski definition) is 5. The standard InChI is InChI=1S/C25H33N3O5S2/c1-24-8-7-19(31)25(2,13-29)18(24)11-17-22(28-23(35-17)27-21(33)12-34-3)16(24)10-20(32)26-14-5-4-6-15(30)9-14/h4-6,9,16,18-19,29-31H,7-8,10-13H2,1-3H3,(H,26,32)(H,27,28,33). The van der Waals surface area contributed by atoms with E-state index in [2.05, 4.69) is 17.6 Å². The molecule has 190 valence electrons. The summed E-state index contributed by atoms with van der Waals surface area (Å²) < 4.78 is 0. The molecule has 1 aromatic heterocycles. The van der Waals surface area contributed by atoms with Crippen LogP contribution in [0, 0.1) is 16.7 Å². The van der Waals surface area contributed by atoms with Crippen LogP contribution < -0.4 is 10.6 Å². The largest absolute Gasteiger partial charge is 0.508 e. The molecule has 5 N–H and O–H groups in total. The van der Waals surface area contributed by atoms with Crippen molar-refractivity contribution in [2.75, 3.05) is 29.2 Å². The third-order valence-corrected chi connectivity index (χ3v) is 9.49. The van der Waals surface area contributed by atoms with Crippen LogP contribution in [0.15, 0.2) is 24.3 Å². The molecule has 5 unspecified atom stereocenters. The van der Waals surface area contributed by atoms with E-state index in [4.69, 9.17) is 4.98 Å². The Morgan fingerprint density at radius 1 is 1.26 bits per heavy atom. The third-order valence-electron chi connectivity index (χ3n) is 7.93. The number of aliphatic hydroxyl groups excluding tert-OH is 2. The van der Waals surface area contributed by atoms with Gasteiger partial charge in [0, 0.05) is 34.4 Å². The molecule has 5 atom stereocenters. The maximum Gasteiger partial charge on any atom is 0.236 e. The Morgan fingerprint density at radius 3 is 2.71 bits per heavy atom. The summed E-state index contributed by atoms with van der Waals surface area (Å²) in [5, 5.41) is 37.3. The van der Waals surface area contributed by atoms with Gasteiger partial charge in [-0.05, 0) is 49.0 Å². The van der Waals surface area contributed by atoms with Gasteiger partial charge >= 0.3 is 0 Å². The van der Waals surface area contributed by atoms with Crippen molar-refractivity contribution in [2.45, 2.75) is 51.6 Å². The smallest absolute Gasteiger partial charge is 0.236 e. The van der Waals surface area contributed by atoms with Gasteiger partial charge in [0.05, 0.1) is 24.2 Å². The van der Waals surface area contributed by atoms with Gasteiger partial charge in [-0.2, -0.15) is 11.8 Å². The van der Waals surface area contributed by atoms with E-state index in [-0.39, 0.29) is 47.8 Å². The Balaban J connectivity index is 1.70. The van der Waals surface area contributed by atoms with Gasteiger partial charge in [0.25, 0.3) is 0 Å². The van der Waals surface area contributed by atoms with Gasteiger partial charge in [0.2, 0.25) is 11.8 Å². The van der Waals surface area contributed by atoms with Crippen molar-refractivity contribution in [3.63, 3.8) is 0 Å². The molecule has 1 saturated carbocycles. The number of phenols is 1. The molecule has 1 heterocycles. The van der Waals surface area contributed by atoms with Gasteiger partial charge in [-0.15, -0.1) is 11.3 Å². The number of phenolic OH excluding ortho intramolecular Hbond substituents is 1. The predicted molar refractivity (Wildman–Crippen MR) is 139 cm³/mol. The van der Waals surface area contributed by atoms with Gasteiger partial charge in [0.15, 0.2) is 5.13 Å². The Kier molecular flexibility index (Phi) is 7.47. The Labute approximate surface area is 213 Å². The zero-order valence-electron chi connectivity index (χ0n) is 20.2. The lowest BCUT2D eigenvalue weighted by atomic mass is 9.47. The second-order valence-corrected chi connectivity index (χ2v) is 12.1. The Bertz CT molecular complexity index is 1110. The molecule has 2 aliphatic rings. The number of benzene rings is 1. The van der Waals surface area contributed by atoms with Crippen LogP contribution in [0.4, 0.5) is 10.8 Å². The highest BCUT2D eigenvalue weighted by atomic mass is 32.2. The molecule has 0 radical (unpaired) electrons. The van der Waals surface area contributed by atoms with Crippen LogP contribution in [0.5, 0.6) is 5.75 Å². The quantitative estimate of drug-likeness (QED) is 0.378. The lowest BCUT2D eigenvalue weighted by molar-refractivity contribution is -0.143. The number of aliphatic hydroxyl groups is 2. The SMILES string of the molecule is CSCC(=O)Nc1nc2c(s1)CC1C(C)(CO)C(O)CCC1(C)C2CC(=O)Nc1cccc(O)c1. The van der Waals surface area contributed by atoms with Crippen LogP contribution in [0.25, 0.3) is 0 Å². The van der Waals surface area contributed by atoms with Crippen LogP contribution >= 0.6 is 23.1 Å². The van der Waals surface area contributed by atoms with Crippen molar-refractivity contribution in [1.29, 1.82) is 0 Å². The number of amides is 2. The van der Waals surface area contributed by atoms with Crippen molar-refractivity contribution < 1.29 is 24.9 Å². The number of nitrogens with one attached hydrogen (secondary N) is 2. The Hall–Kier alpha value is -2.14. The molecule has 0 saturated heterocycles. The lowest BCUT2D eigenvalue weighted by Crippen LogP contribution is -2.57. The number of thiazole rings is 1. The monoisotopic (exact) mass is 519 g/mol. The minimum Gasteiger partial charge on any atom is -0.508 e. The topological polar surface area (TPSA) is 132 Å². The molecule has 2 aliphatic carbocycles. The zero-order chi connectivity index (χ0) is 25.4. The molecule has 0 bridgehead atoms. The summed E-state index contributed by atoms with van der Waals surface area (Å²) in [4.78, 5) is 31.2. The number of anilines is 2. The van der Waals surface area contributed by atoms with Crippen LogP contribution in [-0.4, -0.2) is 56.8 Å². The van der Waals surface area contributed by atoms with Gasteiger partial charge < -0.3 is 26.0 Å². The number of rotatable bonds is 7. The minimum absolute atomic E-state index is 0.0648. The van der Waals surface area contributed by atoms with Crippen molar-refractivity contribution in [1.82, 2.24) is 4.98 Å². The highest BCUT2D eigenvalue weighted by Gasteiger charge is 2.59. The van der Waals surface area contributed by atoms with Crippen LogP contribution in [0.1, 0.15) is 49.6 Å². The average molecular weight is 520 g/mol. The number of fused-ring (bicyclic) bond motifs is 2. The van der Waals surface area contributed by atoms with Crippen LogP contribution in [-0.2, 0) is 16.0 Å². The summed E-state index contributed by atoms with van der Waals surface area (Å²) in [5.41, 5.74) is 0.233. The Morgan fingerprint density at radius 2 is 2.03 bits per heavy atom. The summed E-state index contributed by atoms with van der Waals surface area (Å²) in [7, 11) is 0. The number of thioether (sulfide) groups is 1. The van der Waals surface area contributed by atoms with E-state index in [1.165, 1.54) is 29.2 Å². The average Bonchev–Trinajstić information content (AvgIpc) is 3.20. The summed E-state index contributed by atoms with van der Waals surface area (Å²) in [6.45, 7) is 3.91. The summed E-state index contributed by atoms with van der Waals surface area (Å²) in [6, 6.07) is 6.42. The zero-order valence-corrected chi connectivity index (χ0v) is 21.8. The molecule has 4 rings (SSSR count). The minimum atomic E-state index is -0.711. The van der Waals surface area contributed by atoms with E-state index < -0.39 is 11.5 Å². The summed E-state index contributed by atoms with van der Waals surface area (Å²) in [6.07, 6.45) is 3.24. The summed E-state index contributed by atoms with van der Waals surface area (Å²) in [5.74, 6) is -0.249. The second-order valence-electron chi connectivity index (χ2n) is 10.1. The van der Waals surface area contributed by atoms with Gasteiger partial charge in [-0.25, -0.2) is 4.98 Å². The molecule has 2 aromatic rings. The normalized spacial score (nSPS) is 29.7. The molecule has 1 fully saturated rings. The van der Waals surface area contributed by atoms with Crippen molar-refractivity contribution in [3.05, 3.63) is 34.8 Å². The number of carbonyl (C=O) groups excluding carboxylic acids is 2. The van der Waals surface area contributed by atoms with Crippen molar-refractivity contribution >= 4 is 45.7 Å². The van der Waals surface area contributed by atoms with Gasteiger partial charge in [-0.3, -0.25) is 9.59 Å². The number of carbonyl (C=O) groups is 2. The molecule has 0 spiro atoms. The fraction of sp³-hybridized carbons (Fsp3) is 0.560. The highest BCUT2D eigenvalue weighted by Crippen LogP contribution is 2.62. The molecule has 8 nitrogen and oxygen atoms in total. The number of hydrogen-bond acceptors (Lipinski definition) is 8. The van der Waals surface area contributed by atoms with Crippen LogP contribution in [0.3, 0.4) is 0 Å². The first-order valence-electron chi connectivity index (χ1n) is 11.8. The number of nitrogens with zero attached hydrogens (tertiary/aromatic N) is 1. The van der Waals surface area contributed by atoms with E-state index >= 15 is 0 Å². The molecule has 35 heavy (non-hydrogen) atoms. The van der Waals surface area contributed by atoms with E-state index in [0.29, 0.717) is 35.8 Å². The maximum atomic E-state index is 13.2. The molecule has 1 aromatic carbocycles. The van der Waals surface area contributed by atoms with Crippen molar-refractivity contribution in [3.8, 4) is 5.75 Å². The second kappa shape index (κ2) is 10.1. The predicted octanol–water partition coefficient (Wildman–Crippen LogP) is 3.59. The lowest BCUT2D eigenvalue weighted by Gasteiger charge is -2.58. The first kappa shape index (κ1) is 25.9. The van der Waals surface area contributed by atoms with E-state index in [0.717, 1.165) is 10.6 Å². The fourth-order valence-electron chi connectivity index (χ4n) is 5.97. The van der Waals surface area contributed by atoms with E-state index in [1.54, 1.807) is 18.2 Å². The molecule has 10 heteroatoms. The maximum absolute atomic E-state index is 13.2. The molecular weight excluding hydrogens is 486 g/mol. The number of aromatic nitrogens is 1. The highest BCUT2D eigenvalue weighted by molar-refractivity contribution is 7.99. The van der Waals surface area contributed by atoms with Crippen molar-refractivity contribution in [2.24, 2.45) is 16.7 Å². The van der Waals surface area contributed by atoms with E-state index in [1.807, 2.05) is 13.2 Å². The summed E-state index contributed by atoms with van der Waals surface area (Å²) >= 11 is 2.84. The van der Waals surface area contributed by atoms with Gasteiger partial charge in [-0.1, -0.05) is 19.9 Å². The molecular formula is C25H33N3O5S2. The van der Waals surface area contributed by atoms with Crippen LogP contribution in [0.2, 0.25) is 0 Å². The molecule has 0 aliphatic heterocycles. The third kappa shape index (κ3) is 4.94. The molecule has 2 amide bonds. The first-order valence-corrected chi connectivity index (χ1v) is 14.0. The first-order chi connectivity index (χ1) is 16.6. The fourth-order valence-corrected chi connectivity index (χ4v) is 7.39. The van der Waals surface area contributed by atoms with E-state index in [9.17, 15) is 24.9 Å². The number of aromatic hydroxyl groups is 1. The van der Waals surface area contributed by atoms with Gasteiger partial charge in [0.1, 0.15) is 5.75 Å².